The quantitative estimate of drug-likeness (QED) is 0.286. The van der Waals surface area contributed by atoms with Gasteiger partial charge >= 0.3 is 18.2 Å². The van der Waals surface area contributed by atoms with Crippen molar-refractivity contribution in [3.05, 3.63) is 63.5 Å². The van der Waals surface area contributed by atoms with Gasteiger partial charge in [0.2, 0.25) is 5.43 Å². The van der Waals surface area contributed by atoms with Crippen molar-refractivity contribution in [1.82, 2.24) is 24.8 Å². The largest absolute Gasteiger partial charge is 0.462 e. The molecule has 0 unspecified atom stereocenters. The number of esters is 1. The fourth-order valence-electron chi connectivity index (χ4n) is 4.80. The predicted octanol–water partition coefficient (Wildman–Crippen LogP) is 5.01. The number of likely N-dealkylation sites (N-methyl/N-ethyl adjacent to an activating group) is 1. The summed E-state index contributed by atoms with van der Waals surface area (Å²) in [6.07, 6.45) is -1.71. The number of aromatic nitrogens is 3. The normalized spacial score (nSPS) is 14.0. The molecule has 2 amide bonds. The van der Waals surface area contributed by atoms with Gasteiger partial charge in [-0.1, -0.05) is 6.07 Å². The number of urea groups is 1. The van der Waals surface area contributed by atoms with E-state index < -0.39 is 29.3 Å². The van der Waals surface area contributed by atoms with Crippen molar-refractivity contribution in [2.45, 2.75) is 26.1 Å². The first-order valence-corrected chi connectivity index (χ1v) is 14.0. The Hall–Kier alpha value is -4.30. The molecule has 1 aliphatic rings. The standard InChI is InChI=1S/C28H27F3N6O4S/c1-4-32-27(40)35-23-9-17(25-34-22(14-42-25)28(29,30)31)19(10-33-23)15-6-7-21-18(8-15)24(38)20(26(39)41-5-2)13-37(21)16-11-36(3)12-16/h6-10,13-14,16H,4-5,11-12H2,1-3H3,(H2,32,33,35,40). The van der Waals surface area contributed by atoms with Crippen LogP contribution in [0.1, 0.15) is 35.9 Å². The van der Waals surface area contributed by atoms with Crippen LogP contribution in [0.5, 0.6) is 0 Å². The third-order valence-electron chi connectivity index (χ3n) is 6.78. The van der Waals surface area contributed by atoms with Crippen LogP contribution in [0, 0.1) is 0 Å². The van der Waals surface area contributed by atoms with E-state index in [9.17, 15) is 27.6 Å². The summed E-state index contributed by atoms with van der Waals surface area (Å²) in [6, 6.07) is 6.01. The van der Waals surface area contributed by atoms with Crippen molar-refractivity contribution in [3.63, 3.8) is 0 Å². The lowest BCUT2D eigenvalue weighted by atomic mass is 9.98. The minimum atomic E-state index is -4.64. The number of alkyl halides is 3. The van der Waals surface area contributed by atoms with Gasteiger partial charge in [-0.15, -0.1) is 11.3 Å². The first-order chi connectivity index (χ1) is 20.0. The molecule has 1 aliphatic heterocycles. The first kappa shape index (κ1) is 29.2. The van der Waals surface area contributed by atoms with E-state index in [1.54, 1.807) is 32.0 Å². The molecular formula is C28H27F3N6O4S. The van der Waals surface area contributed by atoms with Crippen molar-refractivity contribution >= 4 is 40.1 Å². The Morgan fingerprint density at radius 3 is 2.57 bits per heavy atom. The summed E-state index contributed by atoms with van der Waals surface area (Å²) in [5.74, 6) is -0.632. The lowest BCUT2D eigenvalue weighted by Gasteiger charge is -2.38. The van der Waals surface area contributed by atoms with Gasteiger partial charge in [0.05, 0.1) is 18.2 Å². The van der Waals surface area contributed by atoms with Crippen LogP contribution in [0.4, 0.5) is 23.8 Å². The Bertz CT molecular complexity index is 1730. The summed E-state index contributed by atoms with van der Waals surface area (Å²) >= 11 is 0.793. The number of amides is 2. The molecule has 1 fully saturated rings. The first-order valence-electron chi connectivity index (χ1n) is 13.1. The number of hydrogen-bond acceptors (Lipinski definition) is 8. The second-order valence-corrected chi connectivity index (χ2v) is 10.6. The number of thiazole rings is 1. The van der Waals surface area contributed by atoms with Gasteiger partial charge < -0.3 is 19.5 Å². The zero-order valence-electron chi connectivity index (χ0n) is 22.9. The highest BCUT2D eigenvalue weighted by Gasteiger charge is 2.34. The molecule has 220 valence electrons. The number of carbonyl (C=O) groups is 2. The molecule has 0 bridgehead atoms. The van der Waals surface area contributed by atoms with E-state index in [0.29, 0.717) is 23.2 Å². The third-order valence-corrected chi connectivity index (χ3v) is 7.66. The van der Waals surface area contributed by atoms with E-state index >= 15 is 0 Å². The third kappa shape index (κ3) is 5.72. The smallest absolute Gasteiger partial charge is 0.434 e. The molecule has 0 saturated carbocycles. The predicted molar refractivity (Wildman–Crippen MR) is 153 cm³/mol. The van der Waals surface area contributed by atoms with E-state index in [2.05, 4.69) is 25.5 Å². The molecule has 4 heterocycles. The number of ether oxygens (including phenoxy) is 1. The maximum absolute atomic E-state index is 13.5. The Balaban J connectivity index is 1.68. The number of halogens is 3. The molecule has 0 atom stereocenters. The van der Waals surface area contributed by atoms with Crippen LogP contribution < -0.4 is 16.1 Å². The number of nitrogens with one attached hydrogen (secondary N) is 2. The summed E-state index contributed by atoms with van der Waals surface area (Å²) in [5, 5.41) is 6.34. The molecule has 14 heteroatoms. The lowest BCUT2D eigenvalue weighted by Crippen LogP contribution is -2.45. The molecule has 4 aromatic rings. The van der Waals surface area contributed by atoms with Crippen molar-refractivity contribution in [2.24, 2.45) is 0 Å². The van der Waals surface area contributed by atoms with E-state index in [1.165, 1.54) is 18.5 Å². The van der Waals surface area contributed by atoms with Crippen molar-refractivity contribution in [2.75, 3.05) is 38.6 Å². The lowest BCUT2D eigenvalue weighted by molar-refractivity contribution is -0.140. The number of carbonyl (C=O) groups excluding carboxylic acids is 2. The van der Waals surface area contributed by atoms with Gasteiger partial charge in [-0.2, -0.15) is 13.2 Å². The van der Waals surface area contributed by atoms with E-state index in [1.807, 2.05) is 11.6 Å². The summed E-state index contributed by atoms with van der Waals surface area (Å²) in [7, 11) is 1.97. The topological polar surface area (TPSA) is 118 Å². The van der Waals surface area contributed by atoms with E-state index in [-0.39, 0.29) is 40.0 Å². The zero-order valence-corrected chi connectivity index (χ0v) is 23.7. The van der Waals surface area contributed by atoms with Crippen LogP contribution in [-0.4, -0.2) is 64.7 Å². The van der Waals surface area contributed by atoms with Crippen LogP contribution in [0.3, 0.4) is 0 Å². The molecule has 0 spiro atoms. The molecule has 0 radical (unpaired) electrons. The van der Waals surface area contributed by atoms with Crippen LogP contribution >= 0.6 is 11.3 Å². The van der Waals surface area contributed by atoms with Crippen LogP contribution in [0.25, 0.3) is 32.6 Å². The van der Waals surface area contributed by atoms with E-state index in [4.69, 9.17) is 4.74 Å². The van der Waals surface area contributed by atoms with Gasteiger partial charge in [-0.25, -0.2) is 19.6 Å². The number of pyridine rings is 2. The zero-order chi connectivity index (χ0) is 30.2. The highest BCUT2D eigenvalue weighted by Crippen LogP contribution is 2.39. The van der Waals surface area contributed by atoms with E-state index in [0.717, 1.165) is 29.8 Å². The monoisotopic (exact) mass is 600 g/mol. The molecule has 0 aliphatic carbocycles. The fraction of sp³-hybridized carbons (Fsp3) is 0.321. The number of benzene rings is 1. The molecule has 1 saturated heterocycles. The second-order valence-electron chi connectivity index (χ2n) is 9.74. The molecule has 2 N–H and O–H groups in total. The van der Waals surface area contributed by atoms with Gasteiger partial charge in [0.1, 0.15) is 16.4 Å². The van der Waals surface area contributed by atoms with Crippen molar-refractivity contribution < 1.29 is 27.5 Å². The number of rotatable bonds is 7. The van der Waals surface area contributed by atoms with Gasteiger partial charge in [0.25, 0.3) is 0 Å². The Morgan fingerprint density at radius 1 is 1.17 bits per heavy atom. The number of fused-ring (bicyclic) bond motifs is 1. The maximum Gasteiger partial charge on any atom is 0.434 e. The minimum absolute atomic E-state index is 0.0325. The molecule has 5 rings (SSSR count). The average Bonchev–Trinajstić information content (AvgIpc) is 3.43. The summed E-state index contributed by atoms with van der Waals surface area (Å²) in [4.78, 5) is 48.6. The molecular weight excluding hydrogens is 573 g/mol. The summed E-state index contributed by atoms with van der Waals surface area (Å²) in [6.45, 7) is 5.29. The van der Waals surface area contributed by atoms with Crippen molar-refractivity contribution in [1.29, 1.82) is 0 Å². The van der Waals surface area contributed by atoms with Crippen LogP contribution in [0.2, 0.25) is 0 Å². The number of nitrogens with zero attached hydrogens (tertiary/aromatic N) is 4. The highest BCUT2D eigenvalue weighted by molar-refractivity contribution is 7.13. The van der Waals surface area contributed by atoms with Gasteiger partial charge in [-0.3, -0.25) is 10.1 Å². The SMILES string of the molecule is CCNC(=O)Nc1cc(-c2nc(C(F)(F)F)cs2)c(-c2ccc3c(c2)c(=O)c(C(=O)OCC)cn3C2CN(C)C2)cn1. The molecule has 3 aromatic heterocycles. The average molecular weight is 601 g/mol. The number of likely N-dealkylation sites (tertiary alicyclic amines) is 1. The maximum atomic E-state index is 13.5. The van der Waals surface area contributed by atoms with Crippen LogP contribution in [-0.2, 0) is 10.9 Å². The Morgan fingerprint density at radius 2 is 1.93 bits per heavy atom. The van der Waals surface area contributed by atoms with Gasteiger partial charge in [0.15, 0.2) is 5.69 Å². The second kappa shape index (κ2) is 11.5. The van der Waals surface area contributed by atoms with Gasteiger partial charge in [-0.05, 0) is 44.7 Å². The molecule has 10 nitrogen and oxygen atoms in total. The fourth-order valence-corrected chi connectivity index (χ4v) is 5.66. The number of hydrogen-bond donors (Lipinski definition) is 2. The Kier molecular flexibility index (Phi) is 8.01. The minimum Gasteiger partial charge on any atom is -0.462 e. The van der Waals surface area contributed by atoms with Crippen LogP contribution in [0.15, 0.2) is 46.8 Å². The van der Waals surface area contributed by atoms with Crippen molar-refractivity contribution in [3.8, 4) is 21.7 Å². The molecule has 1 aromatic carbocycles. The summed E-state index contributed by atoms with van der Waals surface area (Å²) in [5.41, 5.74) is 0.0598. The Labute approximate surface area is 242 Å². The summed E-state index contributed by atoms with van der Waals surface area (Å²) < 4.78 is 47.2. The van der Waals surface area contributed by atoms with Gasteiger partial charge in [0, 0.05) is 53.9 Å². The number of anilines is 1. The molecule has 42 heavy (non-hydrogen) atoms. The highest BCUT2D eigenvalue weighted by atomic mass is 32.1.